The highest BCUT2D eigenvalue weighted by atomic mass is 32.1. The van der Waals surface area contributed by atoms with Crippen molar-refractivity contribution in [3.63, 3.8) is 0 Å². The van der Waals surface area contributed by atoms with Crippen LogP contribution in [0.15, 0.2) is 255 Å². The Labute approximate surface area is 372 Å². The number of para-hydroxylation sites is 2. The summed E-state index contributed by atoms with van der Waals surface area (Å²) in [6, 6.07) is 91.9. The van der Waals surface area contributed by atoms with Crippen LogP contribution in [0, 0.1) is 0 Å². The molecule has 63 heavy (non-hydrogen) atoms. The maximum absolute atomic E-state index is 2.37. The zero-order valence-electron chi connectivity index (χ0n) is 34.6. The Bertz CT molecular complexity index is 3070. The van der Waals surface area contributed by atoms with Crippen LogP contribution in [-0.2, 0) is 0 Å². The first-order valence-electron chi connectivity index (χ1n) is 21.4. The van der Waals surface area contributed by atoms with E-state index in [1.165, 1.54) is 64.7 Å². The summed E-state index contributed by atoms with van der Waals surface area (Å²) in [5.41, 5.74) is 14.0. The summed E-state index contributed by atoms with van der Waals surface area (Å²) >= 11 is 1.87. The lowest BCUT2D eigenvalue weighted by atomic mass is 9.91. The van der Waals surface area contributed by atoms with Crippen LogP contribution < -0.4 is 9.80 Å². The maximum Gasteiger partial charge on any atom is 0.0540 e. The van der Waals surface area contributed by atoms with Crippen molar-refractivity contribution in [3.05, 3.63) is 255 Å². The quantitative estimate of drug-likeness (QED) is 0.136. The van der Waals surface area contributed by atoms with E-state index in [1.54, 1.807) is 0 Å². The summed E-state index contributed by atoms with van der Waals surface area (Å²) < 4.78 is 0. The van der Waals surface area contributed by atoms with E-state index in [-0.39, 0.29) is 0 Å². The molecule has 0 radical (unpaired) electrons. The third-order valence-electron chi connectivity index (χ3n) is 11.9. The molecule has 2 nitrogen and oxygen atoms in total. The van der Waals surface area contributed by atoms with Crippen LogP contribution >= 0.6 is 11.3 Å². The Morgan fingerprint density at radius 3 is 0.952 bits per heavy atom. The molecule has 0 aliphatic heterocycles. The second kappa shape index (κ2) is 16.8. The molecule has 0 N–H and O–H groups in total. The number of benzene rings is 10. The molecule has 0 aliphatic carbocycles. The van der Waals surface area contributed by atoms with Crippen LogP contribution in [-0.4, -0.2) is 0 Å². The van der Waals surface area contributed by atoms with Gasteiger partial charge in [0.05, 0.1) is 11.4 Å². The van der Waals surface area contributed by atoms with E-state index in [4.69, 9.17) is 0 Å². The molecule has 3 heteroatoms. The number of fused-ring (bicyclic) bond motifs is 2. The molecule has 0 fully saturated rings. The summed E-state index contributed by atoms with van der Waals surface area (Å²) in [5, 5.41) is 4.86. The molecule has 298 valence electrons. The fourth-order valence-corrected chi connectivity index (χ4v) is 10.3. The number of hydrogen-bond acceptors (Lipinski definition) is 3. The fraction of sp³-hybridized carbons (Fsp3) is 0. The highest BCUT2D eigenvalue weighted by Crippen LogP contribution is 2.53. The van der Waals surface area contributed by atoms with Crippen LogP contribution in [0.1, 0.15) is 0 Å². The second-order valence-electron chi connectivity index (χ2n) is 15.7. The summed E-state index contributed by atoms with van der Waals surface area (Å²) in [4.78, 5) is 7.23. The van der Waals surface area contributed by atoms with E-state index in [0.717, 1.165) is 34.1 Å². The Kier molecular flexibility index (Phi) is 10.1. The summed E-state index contributed by atoms with van der Waals surface area (Å²) in [7, 11) is 0. The van der Waals surface area contributed by atoms with E-state index in [1.807, 2.05) is 11.3 Å². The molecule has 0 amide bonds. The van der Waals surface area contributed by atoms with Gasteiger partial charge in [0.15, 0.2) is 0 Å². The van der Waals surface area contributed by atoms with Crippen molar-refractivity contribution in [2.45, 2.75) is 0 Å². The molecule has 1 heterocycles. The molecule has 0 atom stereocenters. The summed E-state index contributed by atoms with van der Waals surface area (Å²) in [5.74, 6) is 0. The van der Waals surface area contributed by atoms with Crippen molar-refractivity contribution in [2.24, 2.45) is 0 Å². The number of rotatable bonds is 10. The number of anilines is 6. The summed E-state index contributed by atoms with van der Waals surface area (Å²) in [6.07, 6.45) is 0. The second-order valence-corrected chi connectivity index (χ2v) is 16.7. The molecular weight excluding hydrogens is 781 g/mol. The molecule has 11 aromatic rings. The van der Waals surface area contributed by atoms with Crippen molar-refractivity contribution in [3.8, 4) is 43.1 Å². The van der Waals surface area contributed by atoms with Gasteiger partial charge in [-0.25, -0.2) is 0 Å². The van der Waals surface area contributed by atoms with E-state index < -0.39 is 0 Å². The highest BCUT2D eigenvalue weighted by Gasteiger charge is 2.25. The molecule has 0 aliphatic rings. The van der Waals surface area contributed by atoms with Crippen molar-refractivity contribution >= 4 is 67.0 Å². The van der Waals surface area contributed by atoms with Crippen molar-refractivity contribution in [2.75, 3.05) is 9.80 Å². The lowest BCUT2D eigenvalue weighted by molar-refractivity contribution is 1.30. The Morgan fingerprint density at radius 1 is 0.238 bits per heavy atom. The molecule has 0 spiro atoms. The van der Waals surface area contributed by atoms with Gasteiger partial charge in [0.2, 0.25) is 0 Å². The van der Waals surface area contributed by atoms with Crippen LogP contribution in [0.2, 0.25) is 0 Å². The highest BCUT2D eigenvalue weighted by molar-refractivity contribution is 7.20. The van der Waals surface area contributed by atoms with Gasteiger partial charge in [-0.15, -0.1) is 11.3 Å². The minimum atomic E-state index is 1.10. The van der Waals surface area contributed by atoms with E-state index in [0.29, 0.717) is 0 Å². The van der Waals surface area contributed by atoms with E-state index >= 15 is 0 Å². The predicted molar refractivity (Wildman–Crippen MR) is 270 cm³/mol. The molecule has 0 saturated heterocycles. The molecular formula is C60H42N2S. The van der Waals surface area contributed by atoms with Gasteiger partial charge in [0.1, 0.15) is 0 Å². The first-order chi connectivity index (χ1) is 31.3. The molecule has 1 aromatic heterocycles. The SMILES string of the molecule is c1ccc(-c2c(-c3ccc(N(c4ccccc4)c4cccc5ccccc45)cc3)sc(-c3ccc(N(c4ccccc4)c4cccc5ccccc45)cc3)c2-c2ccccc2)cc1. The number of nitrogens with zero attached hydrogens (tertiary/aromatic N) is 2. The van der Waals surface area contributed by atoms with Crippen LogP contribution in [0.5, 0.6) is 0 Å². The first-order valence-corrected chi connectivity index (χ1v) is 22.2. The number of hydrogen-bond donors (Lipinski definition) is 0. The molecule has 10 aromatic carbocycles. The van der Waals surface area contributed by atoms with Gasteiger partial charge in [-0.05, 0) is 93.7 Å². The Morgan fingerprint density at radius 2 is 0.556 bits per heavy atom. The lowest BCUT2D eigenvalue weighted by Gasteiger charge is -2.27. The zero-order chi connectivity index (χ0) is 42.0. The van der Waals surface area contributed by atoms with Gasteiger partial charge in [0.25, 0.3) is 0 Å². The largest absolute Gasteiger partial charge is 0.310 e. The van der Waals surface area contributed by atoms with Crippen LogP contribution in [0.25, 0.3) is 64.7 Å². The van der Waals surface area contributed by atoms with E-state index in [2.05, 4.69) is 265 Å². The standard InChI is InChI=1S/C60H42N2S/c1-5-21-45(22-6-1)57-58(46-23-7-2-8-24-46)60(48-37-41-52(42-38-48)62(50-29-11-4-12-30-50)56-34-18-26-44-20-14-16-32-54(44)56)63-59(57)47-35-39-51(40-36-47)61(49-27-9-3-10-28-49)55-33-17-25-43-19-13-15-31-53(43)55/h1-42H. The molecule has 0 saturated carbocycles. The van der Waals surface area contributed by atoms with Gasteiger partial charge < -0.3 is 9.80 Å². The molecule has 0 bridgehead atoms. The fourth-order valence-electron chi connectivity index (χ4n) is 8.94. The van der Waals surface area contributed by atoms with Crippen LogP contribution in [0.3, 0.4) is 0 Å². The van der Waals surface area contributed by atoms with Gasteiger partial charge >= 0.3 is 0 Å². The number of thiophene rings is 1. The van der Waals surface area contributed by atoms with Gasteiger partial charge in [-0.1, -0.05) is 194 Å². The maximum atomic E-state index is 2.37. The summed E-state index contributed by atoms with van der Waals surface area (Å²) in [6.45, 7) is 0. The smallest absolute Gasteiger partial charge is 0.0540 e. The normalized spacial score (nSPS) is 11.2. The van der Waals surface area contributed by atoms with Crippen molar-refractivity contribution < 1.29 is 0 Å². The average Bonchev–Trinajstić information content (AvgIpc) is 3.77. The van der Waals surface area contributed by atoms with Crippen molar-refractivity contribution in [1.82, 2.24) is 0 Å². The minimum absolute atomic E-state index is 1.10. The first kappa shape index (κ1) is 38.0. The average molecular weight is 823 g/mol. The van der Waals surface area contributed by atoms with Crippen molar-refractivity contribution in [1.29, 1.82) is 0 Å². The lowest BCUT2D eigenvalue weighted by Crippen LogP contribution is -2.10. The molecule has 11 rings (SSSR count). The topological polar surface area (TPSA) is 6.48 Å². The minimum Gasteiger partial charge on any atom is -0.310 e. The van der Waals surface area contributed by atoms with E-state index in [9.17, 15) is 0 Å². The predicted octanol–water partition coefficient (Wildman–Crippen LogP) is 17.7. The van der Waals surface area contributed by atoms with Gasteiger partial charge in [-0.3, -0.25) is 0 Å². The van der Waals surface area contributed by atoms with Gasteiger partial charge in [0, 0.05) is 54.4 Å². The zero-order valence-corrected chi connectivity index (χ0v) is 35.4. The van der Waals surface area contributed by atoms with Crippen LogP contribution in [0.4, 0.5) is 34.1 Å². The monoisotopic (exact) mass is 822 g/mol. The Balaban J connectivity index is 1.06. The molecule has 0 unspecified atom stereocenters. The third kappa shape index (κ3) is 7.25. The Hall–Kier alpha value is -7.98. The van der Waals surface area contributed by atoms with Gasteiger partial charge in [-0.2, -0.15) is 0 Å². The third-order valence-corrected chi connectivity index (χ3v) is 13.1.